The molecule has 0 aromatic heterocycles. The van der Waals surface area contributed by atoms with Crippen molar-refractivity contribution in [3.05, 3.63) is 12.7 Å². The Labute approximate surface area is 73.1 Å². The number of carbonyl (C=O) groups excluding carboxylic acids is 2. The summed E-state index contributed by atoms with van der Waals surface area (Å²) in [5.74, 6) is -0.179. The molecule has 0 aromatic rings. The lowest BCUT2D eigenvalue weighted by Crippen LogP contribution is -2.32. The van der Waals surface area contributed by atoms with Gasteiger partial charge in [0, 0.05) is 13.0 Å². The van der Waals surface area contributed by atoms with Gasteiger partial charge in [-0.15, -0.1) is 0 Å². The normalized spacial score (nSPS) is 9.67. The average molecular weight is 169 g/mol. The van der Waals surface area contributed by atoms with Gasteiger partial charge in [-0.3, -0.25) is 9.59 Å². The number of likely N-dealkylation sites (N-methyl/N-ethyl adjacent to an activating group) is 1. The van der Waals surface area contributed by atoms with Gasteiger partial charge in [0.25, 0.3) is 0 Å². The van der Waals surface area contributed by atoms with Crippen LogP contribution in [0.3, 0.4) is 0 Å². The van der Waals surface area contributed by atoms with E-state index in [1.165, 1.54) is 11.0 Å². The molecule has 3 nitrogen and oxygen atoms in total. The van der Waals surface area contributed by atoms with Crippen molar-refractivity contribution in [2.24, 2.45) is 5.92 Å². The van der Waals surface area contributed by atoms with Gasteiger partial charge in [-0.2, -0.15) is 0 Å². The minimum Gasteiger partial charge on any atom is -0.335 e. The molecule has 0 N–H and O–H groups in total. The van der Waals surface area contributed by atoms with E-state index in [0.29, 0.717) is 0 Å². The van der Waals surface area contributed by atoms with Crippen LogP contribution in [0.15, 0.2) is 12.7 Å². The number of hydrogen-bond donors (Lipinski definition) is 0. The molecule has 0 aromatic carbocycles. The number of ketones is 1. The third-order valence-corrected chi connectivity index (χ3v) is 1.59. The van der Waals surface area contributed by atoms with Crippen LogP contribution in [0.2, 0.25) is 0 Å². The SMILES string of the molecule is C=CC(=O)N(C)CC(=O)C(C)C. The highest BCUT2D eigenvalue weighted by Gasteiger charge is 2.12. The smallest absolute Gasteiger partial charge is 0.246 e. The fourth-order valence-electron chi connectivity index (χ4n) is 0.650. The van der Waals surface area contributed by atoms with E-state index in [2.05, 4.69) is 6.58 Å². The Morgan fingerprint density at radius 1 is 1.50 bits per heavy atom. The average Bonchev–Trinajstić information content (AvgIpc) is 2.02. The van der Waals surface area contributed by atoms with E-state index in [-0.39, 0.29) is 24.2 Å². The molecule has 0 rings (SSSR count). The van der Waals surface area contributed by atoms with Crippen LogP contribution in [0.1, 0.15) is 13.8 Å². The predicted octanol–water partition coefficient (Wildman–Crippen LogP) is 0.856. The quantitative estimate of drug-likeness (QED) is 0.585. The van der Waals surface area contributed by atoms with Crippen LogP contribution in [0.5, 0.6) is 0 Å². The van der Waals surface area contributed by atoms with Crippen LogP contribution in [-0.2, 0) is 9.59 Å². The second kappa shape index (κ2) is 4.70. The summed E-state index contributed by atoms with van der Waals surface area (Å²) in [5.41, 5.74) is 0. The van der Waals surface area contributed by atoms with E-state index in [0.717, 1.165) is 0 Å². The molecular weight excluding hydrogens is 154 g/mol. The predicted molar refractivity (Wildman–Crippen MR) is 47.7 cm³/mol. The molecular formula is C9H15NO2. The van der Waals surface area contributed by atoms with E-state index >= 15 is 0 Å². The first kappa shape index (κ1) is 10.9. The van der Waals surface area contributed by atoms with Crippen molar-refractivity contribution in [1.82, 2.24) is 4.90 Å². The van der Waals surface area contributed by atoms with Gasteiger partial charge in [0.05, 0.1) is 6.54 Å². The Balaban J connectivity index is 4.00. The Bertz CT molecular complexity index is 197. The second-order valence-electron chi connectivity index (χ2n) is 3.02. The van der Waals surface area contributed by atoms with Gasteiger partial charge in [0.1, 0.15) is 0 Å². The molecule has 0 aliphatic heterocycles. The fourth-order valence-corrected chi connectivity index (χ4v) is 0.650. The molecule has 0 heterocycles. The lowest BCUT2D eigenvalue weighted by molar-refractivity contribution is -0.131. The molecule has 0 atom stereocenters. The van der Waals surface area contributed by atoms with Gasteiger partial charge in [0.15, 0.2) is 5.78 Å². The van der Waals surface area contributed by atoms with Crippen LogP contribution in [-0.4, -0.2) is 30.2 Å². The number of amides is 1. The Morgan fingerprint density at radius 3 is 2.33 bits per heavy atom. The number of Topliss-reactive ketones (excluding diaryl/α,β-unsaturated/α-hetero) is 1. The standard InChI is InChI=1S/C9H15NO2/c1-5-9(12)10(4)6-8(11)7(2)3/h5,7H,1,6H2,2-4H3. The molecule has 0 saturated heterocycles. The Morgan fingerprint density at radius 2 is 2.00 bits per heavy atom. The molecule has 0 saturated carbocycles. The fraction of sp³-hybridized carbons (Fsp3) is 0.556. The van der Waals surface area contributed by atoms with Crippen molar-refractivity contribution in [3.8, 4) is 0 Å². The number of hydrogen-bond acceptors (Lipinski definition) is 2. The first-order valence-electron chi connectivity index (χ1n) is 3.89. The van der Waals surface area contributed by atoms with E-state index in [1.54, 1.807) is 7.05 Å². The summed E-state index contributed by atoms with van der Waals surface area (Å²) in [5, 5.41) is 0. The van der Waals surface area contributed by atoms with E-state index < -0.39 is 0 Å². The highest BCUT2D eigenvalue weighted by molar-refractivity contribution is 5.91. The molecule has 0 spiro atoms. The monoisotopic (exact) mass is 169 g/mol. The van der Waals surface area contributed by atoms with Gasteiger partial charge in [-0.25, -0.2) is 0 Å². The molecule has 12 heavy (non-hydrogen) atoms. The van der Waals surface area contributed by atoms with Crippen molar-refractivity contribution in [1.29, 1.82) is 0 Å². The molecule has 1 amide bonds. The maximum absolute atomic E-state index is 11.1. The third-order valence-electron chi connectivity index (χ3n) is 1.59. The van der Waals surface area contributed by atoms with Crippen molar-refractivity contribution in [2.45, 2.75) is 13.8 Å². The van der Waals surface area contributed by atoms with Crippen LogP contribution in [0.4, 0.5) is 0 Å². The van der Waals surface area contributed by atoms with Crippen molar-refractivity contribution in [2.75, 3.05) is 13.6 Å². The molecule has 0 aliphatic rings. The summed E-state index contributed by atoms with van der Waals surface area (Å²) in [4.78, 5) is 23.4. The van der Waals surface area contributed by atoms with E-state index in [1.807, 2.05) is 13.8 Å². The van der Waals surface area contributed by atoms with Crippen molar-refractivity contribution < 1.29 is 9.59 Å². The topological polar surface area (TPSA) is 37.4 Å². The van der Waals surface area contributed by atoms with Crippen LogP contribution in [0, 0.1) is 5.92 Å². The minimum absolute atomic E-state index is 0.0231. The van der Waals surface area contributed by atoms with Crippen LogP contribution < -0.4 is 0 Å². The number of nitrogens with zero attached hydrogens (tertiary/aromatic N) is 1. The van der Waals surface area contributed by atoms with Crippen molar-refractivity contribution in [3.63, 3.8) is 0 Å². The molecule has 0 aliphatic carbocycles. The highest BCUT2D eigenvalue weighted by atomic mass is 16.2. The summed E-state index contributed by atoms with van der Waals surface area (Å²) < 4.78 is 0. The third kappa shape index (κ3) is 3.32. The maximum atomic E-state index is 11.1. The van der Waals surface area contributed by atoms with E-state index in [4.69, 9.17) is 0 Å². The largest absolute Gasteiger partial charge is 0.335 e. The summed E-state index contributed by atoms with van der Waals surface area (Å²) in [7, 11) is 1.59. The molecule has 68 valence electrons. The lowest BCUT2D eigenvalue weighted by atomic mass is 10.1. The summed E-state index contributed by atoms with van der Waals surface area (Å²) >= 11 is 0. The van der Waals surface area contributed by atoms with E-state index in [9.17, 15) is 9.59 Å². The maximum Gasteiger partial charge on any atom is 0.246 e. The van der Waals surface area contributed by atoms with Gasteiger partial charge in [0.2, 0.25) is 5.91 Å². The summed E-state index contributed by atoms with van der Waals surface area (Å²) in [6, 6.07) is 0. The number of carbonyl (C=O) groups is 2. The first-order valence-corrected chi connectivity index (χ1v) is 3.89. The van der Waals surface area contributed by atoms with Crippen LogP contribution in [0.25, 0.3) is 0 Å². The molecule has 0 bridgehead atoms. The zero-order valence-corrected chi connectivity index (χ0v) is 7.83. The van der Waals surface area contributed by atoms with Gasteiger partial charge >= 0.3 is 0 Å². The Kier molecular flexibility index (Phi) is 4.26. The second-order valence-corrected chi connectivity index (χ2v) is 3.02. The van der Waals surface area contributed by atoms with Gasteiger partial charge in [-0.05, 0) is 6.08 Å². The zero-order valence-electron chi connectivity index (χ0n) is 7.83. The summed E-state index contributed by atoms with van der Waals surface area (Å²) in [6.45, 7) is 7.13. The first-order chi connectivity index (χ1) is 5.49. The molecule has 0 fully saturated rings. The van der Waals surface area contributed by atoms with Crippen LogP contribution >= 0.6 is 0 Å². The van der Waals surface area contributed by atoms with Gasteiger partial charge in [-0.1, -0.05) is 20.4 Å². The summed E-state index contributed by atoms with van der Waals surface area (Å²) in [6.07, 6.45) is 1.20. The Hall–Kier alpha value is -1.12. The molecule has 0 radical (unpaired) electrons. The lowest BCUT2D eigenvalue weighted by Gasteiger charge is -2.14. The number of rotatable bonds is 4. The molecule has 0 unspecified atom stereocenters. The van der Waals surface area contributed by atoms with Gasteiger partial charge < -0.3 is 4.90 Å². The highest BCUT2D eigenvalue weighted by Crippen LogP contribution is 1.96. The minimum atomic E-state index is -0.219. The zero-order chi connectivity index (χ0) is 9.72. The van der Waals surface area contributed by atoms with Crippen molar-refractivity contribution >= 4 is 11.7 Å². The molecule has 3 heteroatoms.